The normalized spacial score (nSPS) is 17.9. The minimum absolute atomic E-state index is 0.0489. The Labute approximate surface area is 194 Å². The third-order valence-corrected chi connectivity index (χ3v) is 6.06. The van der Waals surface area contributed by atoms with Crippen LogP contribution in [0.15, 0.2) is 72.3 Å². The molecule has 1 aliphatic rings. The van der Waals surface area contributed by atoms with E-state index in [0.717, 1.165) is 5.56 Å². The van der Waals surface area contributed by atoms with Crippen molar-refractivity contribution in [3.05, 3.63) is 104 Å². The van der Waals surface area contributed by atoms with E-state index in [-0.39, 0.29) is 16.4 Å². The highest BCUT2D eigenvalue weighted by Crippen LogP contribution is 2.43. The lowest BCUT2D eigenvalue weighted by atomic mass is 9.95. The zero-order valence-electron chi connectivity index (χ0n) is 16.3. The van der Waals surface area contributed by atoms with E-state index in [4.69, 9.17) is 34.8 Å². The van der Waals surface area contributed by atoms with Gasteiger partial charge in [-0.1, -0.05) is 65.1 Å². The first-order valence-electron chi connectivity index (χ1n) is 9.36. The third kappa shape index (κ3) is 3.94. The quantitative estimate of drug-likeness (QED) is 0.266. The van der Waals surface area contributed by atoms with Crippen molar-refractivity contribution in [2.24, 2.45) is 0 Å². The number of anilines is 1. The van der Waals surface area contributed by atoms with E-state index in [2.05, 4.69) is 0 Å². The second-order valence-corrected chi connectivity index (χ2v) is 8.44. The van der Waals surface area contributed by atoms with Crippen molar-refractivity contribution in [3.8, 4) is 0 Å². The maximum atomic E-state index is 13.1. The molecule has 0 bridgehead atoms. The van der Waals surface area contributed by atoms with Crippen LogP contribution in [0.25, 0.3) is 5.76 Å². The van der Waals surface area contributed by atoms with E-state index < -0.39 is 17.7 Å². The van der Waals surface area contributed by atoms with Gasteiger partial charge in [0.15, 0.2) is 0 Å². The first kappa shape index (κ1) is 21.4. The molecule has 1 amide bonds. The summed E-state index contributed by atoms with van der Waals surface area (Å²) in [5, 5.41) is 12.1. The molecule has 0 aliphatic carbocycles. The Morgan fingerprint density at radius 2 is 1.65 bits per heavy atom. The Morgan fingerprint density at radius 1 is 0.903 bits per heavy atom. The van der Waals surface area contributed by atoms with E-state index >= 15 is 0 Å². The molecule has 7 heteroatoms. The number of rotatable bonds is 3. The van der Waals surface area contributed by atoms with E-state index in [0.29, 0.717) is 26.9 Å². The van der Waals surface area contributed by atoms with Crippen LogP contribution in [0.3, 0.4) is 0 Å². The van der Waals surface area contributed by atoms with Crippen molar-refractivity contribution in [2.45, 2.75) is 13.0 Å². The number of aliphatic hydroxyl groups excluding tert-OH is 1. The Kier molecular flexibility index (Phi) is 5.80. The number of ketones is 1. The average Bonchev–Trinajstić information content (AvgIpc) is 3.00. The van der Waals surface area contributed by atoms with Gasteiger partial charge in [0.25, 0.3) is 11.7 Å². The Bertz CT molecular complexity index is 1250. The van der Waals surface area contributed by atoms with Crippen LogP contribution >= 0.6 is 34.8 Å². The van der Waals surface area contributed by atoms with Gasteiger partial charge in [-0.05, 0) is 54.4 Å². The molecular weight excluding hydrogens is 457 g/mol. The Balaban J connectivity index is 1.98. The van der Waals surface area contributed by atoms with Crippen molar-refractivity contribution in [2.75, 3.05) is 4.90 Å². The number of hydrogen-bond acceptors (Lipinski definition) is 3. The molecule has 1 aliphatic heterocycles. The van der Waals surface area contributed by atoms with Gasteiger partial charge in [-0.25, -0.2) is 0 Å². The zero-order valence-corrected chi connectivity index (χ0v) is 18.5. The predicted molar refractivity (Wildman–Crippen MR) is 124 cm³/mol. The van der Waals surface area contributed by atoms with E-state index in [1.165, 1.54) is 11.0 Å². The summed E-state index contributed by atoms with van der Waals surface area (Å²) in [7, 11) is 0. The molecular formula is C24H16Cl3NO3. The van der Waals surface area contributed by atoms with Crippen molar-refractivity contribution in [1.29, 1.82) is 0 Å². The van der Waals surface area contributed by atoms with Gasteiger partial charge in [-0.2, -0.15) is 0 Å². The summed E-state index contributed by atoms with van der Waals surface area (Å²) in [6.07, 6.45) is 0. The third-order valence-electron chi connectivity index (χ3n) is 5.08. The van der Waals surface area contributed by atoms with E-state index in [9.17, 15) is 14.7 Å². The number of benzene rings is 3. The van der Waals surface area contributed by atoms with Crippen LogP contribution in [0.4, 0.5) is 5.69 Å². The number of aliphatic hydroxyl groups is 1. The Morgan fingerprint density at radius 3 is 2.32 bits per heavy atom. The lowest BCUT2D eigenvalue weighted by Crippen LogP contribution is -2.29. The van der Waals surface area contributed by atoms with E-state index in [1.807, 2.05) is 13.0 Å². The minimum atomic E-state index is -0.893. The number of carbonyl (C=O) groups excluding carboxylic acids is 2. The number of amides is 1. The summed E-state index contributed by atoms with van der Waals surface area (Å²) in [4.78, 5) is 27.6. The maximum absolute atomic E-state index is 13.1. The smallest absolute Gasteiger partial charge is 0.300 e. The largest absolute Gasteiger partial charge is 0.507 e. The molecule has 3 aromatic carbocycles. The summed E-state index contributed by atoms with van der Waals surface area (Å²) in [5.74, 6) is -1.85. The van der Waals surface area contributed by atoms with Gasteiger partial charge in [-0.15, -0.1) is 0 Å². The van der Waals surface area contributed by atoms with Gasteiger partial charge >= 0.3 is 0 Å². The molecule has 1 N–H and O–H groups in total. The number of nitrogens with zero attached hydrogens (tertiary/aromatic N) is 1. The molecule has 1 fully saturated rings. The number of Topliss-reactive ketones (excluding diaryl/α,β-unsaturated/α-hetero) is 1. The minimum Gasteiger partial charge on any atom is -0.507 e. The van der Waals surface area contributed by atoms with Gasteiger partial charge < -0.3 is 5.11 Å². The van der Waals surface area contributed by atoms with Crippen LogP contribution in [0.2, 0.25) is 15.1 Å². The number of aryl methyl sites for hydroxylation is 1. The van der Waals surface area contributed by atoms with Gasteiger partial charge in [0, 0.05) is 16.3 Å². The standard InChI is InChI=1S/C24H16Cl3NO3/c1-13-4-2-7-17(10-13)28-21(14-8-9-18(26)19(27)12-14)20(23(30)24(28)31)22(29)15-5-3-6-16(25)11-15/h2-12,21,29H,1H3/b22-20-. The predicted octanol–water partition coefficient (Wildman–Crippen LogP) is 6.58. The van der Waals surface area contributed by atoms with Crippen LogP contribution in [-0.4, -0.2) is 16.8 Å². The van der Waals surface area contributed by atoms with Crippen molar-refractivity contribution >= 4 is 57.9 Å². The first-order valence-corrected chi connectivity index (χ1v) is 10.5. The summed E-state index contributed by atoms with van der Waals surface area (Å²) in [6.45, 7) is 1.89. The fourth-order valence-electron chi connectivity index (χ4n) is 3.67. The Hall–Kier alpha value is -2.79. The molecule has 0 spiro atoms. The molecule has 1 heterocycles. The molecule has 1 saturated heterocycles. The summed E-state index contributed by atoms with van der Waals surface area (Å²) in [5.41, 5.74) is 2.27. The second-order valence-electron chi connectivity index (χ2n) is 7.19. The highest BCUT2D eigenvalue weighted by molar-refractivity contribution is 6.52. The second kappa shape index (κ2) is 8.39. The molecule has 0 saturated carbocycles. The van der Waals surface area contributed by atoms with Gasteiger partial charge in [-0.3, -0.25) is 14.5 Å². The topological polar surface area (TPSA) is 57.6 Å². The lowest BCUT2D eigenvalue weighted by Gasteiger charge is -2.26. The first-order chi connectivity index (χ1) is 14.8. The fourth-order valence-corrected chi connectivity index (χ4v) is 4.16. The molecule has 1 unspecified atom stereocenters. The average molecular weight is 473 g/mol. The van der Waals surface area contributed by atoms with Crippen LogP contribution in [-0.2, 0) is 9.59 Å². The fraction of sp³-hybridized carbons (Fsp3) is 0.0833. The van der Waals surface area contributed by atoms with Gasteiger partial charge in [0.2, 0.25) is 0 Å². The molecule has 0 radical (unpaired) electrons. The molecule has 0 aromatic heterocycles. The summed E-state index contributed by atoms with van der Waals surface area (Å²) >= 11 is 18.4. The van der Waals surface area contributed by atoms with Crippen molar-refractivity contribution < 1.29 is 14.7 Å². The molecule has 156 valence electrons. The summed E-state index contributed by atoms with van der Waals surface area (Å²) in [6, 6.07) is 17.7. The zero-order chi connectivity index (χ0) is 22.3. The molecule has 1 atom stereocenters. The van der Waals surface area contributed by atoms with Crippen LogP contribution < -0.4 is 4.90 Å². The highest BCUT2D eigenvalue weighted by Gasteiger charge is 2.47. The number of carbonyl (C=O) groups is 2. The number of hydrogen-bond donors (Lipinski definition) is 1. The SMILES string of the molecule is Cc1cccc(N2C(=O)C(=O)/C(=C(\O)c3cccc(Cl)c3)C2c2ccc(Cl)c(Cl)c2)c1. The van der Waals surface area contributed by atoms with Crippen LogP contribution in [0.5, 0.6) is 0 Å². The lowest BCUT2D eigenvalue weighted by molar-refractivity contribution is -0.132. The van der Waals surface area contributed by atoms with Gasteiger partial charge in [0.05, 0.1) is 21.7 Å². The van der Waals surface area contributed by atoms with Gasteiger partial charge in [0.1, 0.15) is 5.76 Å². The van der Waals surface area contributed by atoms with Crippen LogP contribution in [0, 0.1) is 6.92 Å². The molecule has 4 nitrogen and oxygen atoms in total. The summed E-state index contributed by atoms with van der Waals surface area (Å²) < 4.78 is 0. The van der Waals surface area contributed by atoms with Crippen LogP contribution in [0.1, 0.15) is 22.7 Å². The highest BCUT2D eigenvalue weighted by atomic mass is 35.5. The monoisotopic (exact) mass is 471 g/mol. The van der Waals surface area contributed by atoms with Crippen molar-refractivity contribution in [1.82, 2.24) is 0 Å². The maximum Gasteiger partial charge on any atom is 0.300 e. The molecule has 3 aromatic rings. The van der Waals surface area contributed by atoms with E-state index in [1.54, 1.807) is 54.6 Å². The number of halogens is 3. The molecule has 4 rings (SSSR count). The molecule has 31 heavy (non-hydrogen) atoms. The van der Waals surface area contributed by atoms with Crippen molar-refractivity contribution in [3.63, 3.8) is 0 Å².